The Morgan fingerprint density at radius 3 is 3.00 bits per heavy atom. The quantitative estimate of drug-likeness (QED) is 0.487. The van der Waals surface area contributed by atoms with Crippen LogP contribution < -0.4 is 10.6 Å². The largest absolute Gasteiger partial charge is 0.396 e. The first-order chi connectivity index (χ1) is 13.1. The molecule has 3 N–H and O–H groups in total. The summed E-state index contributed by atoms with van der Waals surface area (Å²) in [6, 6.07) is 7.29. The van der Waals surface area contributed by atoms with Crippen LogP contribution in [-0.2, 0) is 11.3 Å². The number of aromatic nitrogens is 2. The third-order valence-corrected chi connectivity index (χ3v) is 4.87. The molecule has 0 spiro atoms. The molecule has 1 aromatic carbocycles. The van der Waals surface area contributed by atoms with Gasteiger partial charge in [-0.15, -0.1) is 0 Å². The fourth-order valence-electron chi connectivity index (χ4n) is 3.03. The van der Waals surface area contributed by atoms with Crippen LogP contribution in [-0.4, -0.2) is 54.6 Å². The number of guanidine groups is 1. The van der Waals surface area contributed by atoms with Gasteiger partial charge >= 0.3 is 0 Å². The molecule has 0 amide bonds. The summed E-state index contributed by atoms with van der Waals surface area (Å²) in [5.74, 6) is 1.56. The third-order valence-electron chi connectivity index (χ3n) is 4.64. The minimum absolute atomic E-state index is 0.0589. The summed E-state index contributed by atoms with van der Waals surface area (Å²) in [6.45, 7) is 2.53. The maximum Gasteiger partial charge on any atom is 0.246 e. The maximum absolute atomic E-state index is 9.31. The number of aliphatic hydroxyl groups is 1. The Morgan fingerprint density at radius 1 is 1.41 bits per heavy atom. The first-order valence-electron chi connectivity index (χ1n) is 8.86. The van der Waals surface area contributed by atoms with Gasteiger partial charge in [0.1, 0.15) is 0 Å². The summed E-state index contributed by atoms with van der Waals surface area (Å²) in [6.07, 6.45) is 1.62. The van der Waals surface area contributed by atoms with E-state index in [1.54, 1.807) is 19.2 Å². The predicted molar refractivity (Wildman–Crippen MR) is 103 cm³/mol. The van der Waals surface area contributed by atoms with Gasteiger partial charge in [0.2, 0.25) is 11.7 Å². The molecule has 2 heterocycles. The van der Waals surface area contributed by atoms with E-state index in [-0.39, 0.29) is 12.0 Å². The number of halogens is 1. The second kappa shape index (κ2) is 9.16. The zero-order chi connectivity index (χ0) is 19.1. The fraction of sp³-hybridized carbons (Fsp3) is 0.500. The number of hydrogen-bond donors (Lipinski definition) is 3. The summed E-state index contributed by atoms with van der Waals surface area (Å²) in [5, 5.41) is 20.4. The molecule has 1 aromatic heterocycles. The lowest BCUT2D eigenvalue weighted by Crippen LogP contribution is -2.44. The topological polar surface area (TPSA) is 105 Å². The number of nitrogens with one attached hydrogen (secondary N) is 2. The van der Waals surface area contributed by atoms with Crippen LogP contribution >= 0.6 is 11.6 Å². The average Bonchev–Trinajstić information content (AvgIpc) is 3.32. The van der Waals surface area contributed by atoms with Crippen molar-refractivity contribution in [2.75, 3.05) is 33.4 Å². The molecule has 1 aliphatic heterocycles. The standard InChI is InChI=1S/C18H24ClN5O3/c1-20-17(22-11-18(5-7-25)6-8-26-12-18)21-10-15-23-16(24-27-15)13-3-2-4-14(19)9-13/h2-4,9,25H,5-8,10-12H2,1H3,(H2,20,21,22). The molecule has 1 atom stereocenters. The van der Waals surface area contributed by atoms with Gasteiger partial charge in [-0.1, -0.05) is 28.9 Å². The summed E-state index contributed by atoms with van der Waals surface area (Å²) in [7, 11) is 1.70. The summed E-state index contributed by atoms with van der Waals surface area (Å²) < 4.78 is 10.8. The van der Waals surface area contributed by atoms with E-state index in [1.165, 1.54) is 0 Å². The monoisotopic (exact) mass is 393 g/mol. The minimum atomic E-state index is -0.0589. The van der Waals surface area contributed by atoms with Crippen LogP contribution in [0.3, 0.4) is 0 Å². The van der Waals surface area contributed by atoms with Gasteiger partial charge in [-0.2, -0.15) is 4.98 Å². The van der Waals surface area contributed by atoms with Gasteiger partial charge in [0, 0.05) is 42.8 Å². The molecule has 146 valence electrons. The van der Waals surface area contributed by atoms with E-state index in [9.17, 15) is 5.11 Å². The SMILES string of the molecule is CN=C(NCc1nc(-c2cccc(Cl)c2)no1)NCC1(CCO)CCOC1. The van der Waals surface area contributed by atoms with Crippen LogP contribution in [0.25, 0.3) is 11.4 Å². The van der Waals surface area contributed by atoms with E-state index in [2.05, 4.69) is 25.8 Å². The zero-order valence-electron chi connectivity index (χ0n) is 15.2. The molecule has 1 aliphatic rings. The van der Waals surface area contributed by atoms with Crippen molar-refractivity contribution in [1.82, 2.24) is 20.8 Å². The molecular weight excluding hydrogens is 370 g/mol. The Bertz CT molecular complexity index is 774. The van der Waals surface area contributed by atoms with Crippen molar-refractivity contribution in [1.29, 1.82) is 0 Å². The van der Waals surface area contributed by atoms with Crippen LogP contribution in [0.5, 0.6) is 0 Å². The van der Waals surface area contributed by atoms with Gasteiger partial charge in [0.05, 0.1) is 13.2 Å². The molecule has 3 rings (SSSR count). The van der Waals surface area contributed by atoms with Crippen molar-refractivity contribution < 1.29 is 14.4 Å². The van der Waals surface area contributed by atoms with E-state index >= 15 is 0 Å². The Morgan fingerprint density at radius 2 is 2.30 bits per heavy atom. The number of hydrogen-bond acceptors (Lipinski definition) is 6. The average molecular weight is 394 g/mol. The highest BCUT2D eigenvalue weighted by Crippen LogP contribution is 2.31. The number of aliphatic hydroxyl groups excluding tert-OH is 1. The number of rotatable bonds is 7. The molecule has 1 unspecified atom stereocenters. The first kappa shape index (κ1) is 19.6. The van der Waals surface area contributed by atoms with Crippen molar-refractivity contribution >= 4 is 17.6 Å². The third kappa shape index (κ3) is 5.18. The van der Waals surface area contributed by atoms with Crippen molar-refractivity contribution in [3.8, 4) is 11.4 Å². The van der Waals surface area contributed by atoms with Crippen LogP contribution in [0.2, 0.25) is 5.02 Å². The number of nitrogens with zero attached hydrogens (tertiary/aromatic N) is 3. The van der Waals surface area contributed by atoms with Crippen LogP contribution in [0.4, 0.5) is 0 Å². The number of aliphatic imine (C=N–C) groups is 1. The first-order valence-corrected chi connectivity index (χ1v) is 9.24. The second-order valence-corrected chi connectivity index (χ2v) is 7.01. The second-order valence-electron chi connectivity index (χ2n) is 6.58. The molecular formula is C18H24ClN5O3. The van der Waals surface area contributed by atoms with E-state index in [4.69, 9.17) is 20.9 Å². The van der Waals surface area contributed by atoms with E-state index < -0.39 is 0 Å². The lowest BCUT2D eigenvalue weighted by Gasteiger charge is -2.27. The van der Waals surface area contributed by atoms with Gasteiger partial charge in [0.15, 0.2) is 5.96 Å². The van der Waals surface area contributed by atoms with E-state index in [0.29, 0.717) is 48.8 Å². The van der Waals surface area contributed by atoms with Gasteiger partial charge in [-0.3, -0.25) is 4.99 Å². The number of benzene rings is 1. The highest BCUT2D eigenvalue weighted by atomic mass is 35.5. The van der Waals surface area contributed by atoms with Crippen LogP contribution in [0.15, 0.2) is 33.8 Å². The minimum Gasteiger partial charge on any atom is -0.396 e. The molecule has 0 bridgehead atoms. The number of ether oxygens (including phenoxy) is 1. The molecule has 27 heavy (non-hydrogen) atoms. The Balaban J connectivity index is 1.54. The summed E-state index contributed by atoms with van der Waals surface area (Å²) >= 11 is 6.00. The van der Waals surface area contributed by atoms with Crippen molar-refractivity contribution in [2.45, 2.75) is 19.4 Å². The molecule has 9 heteroatoms. The highest BCUT2D eigenvalue weighted by Gasteiger charge is 2.34. The van der Waals surface area contributed by atoms with Gasteiger partial charge in [0.25, 0.3) is 0 Å². The summed E-state index contributed by atoms with van der Waals surface area (Å²) in [4.78, 5) is 8.59. The zero-order valence-corrected chi connectivity index (χ0v) is 16.0. The van der Waals surface area contributed by atoms with Gasteiger partial charge < -0.3 is 25.0 Å². The smallest absolute Gasteiger partial charge is 0.246 e. The molecule has 0 aliphatic carbocycles. The lowest BCUT2D eigenvalue weighted by atomic mass is 9.84. The van der Waals surface area contributed by atoms with Crippen molar-refractivity contribution in [2.24, 2.45) is 10.4 Å². The highest BCUT2D eigenvalue weighted by molar-refractivity contribution is 6.30. The molecule has 1 fully saturated rings. The molecule has 2 aromatic rings. The van der Waals surface area contributed by atoms with Gasteiger partial charge in [-0.05, 0) is 25.0 Å². The molecule has 0 radical (unpaired) electrons. The van der Waals surface area contributed by atoms with E-state index in [0.717, 1.165) is 18.6 Å². The van der Waals surface area contributed by atoms with Crippen LogP contribution in [0, 0.1) is 5.41 Å². The van der Waals surface area contributed by atoms with Crippen LogP contribution in [0.1, 0.15) is 18.7 Å². The lowest BCUT2D eigenvalue weighted by molar-refractivity contribution is 0.127. The maximum atomic E-state index is 9.31. The molecule has 8 nitrogen and oxygen atoms in total. The Kier molecular flexibility index (Phi) is 6.65. The fourth-order valence-corrected chi connectivity index (χ4v) is 3.22. The summed E-state index contributed by atoms with van der Waals surface area (Å²) in [5.41, 5.74) is 0.739. The van der Waals surface area contributed by atoms with Crippen molar-refractivity contribution in [3.05, 3.63) is 35.2 Å². The molecule has 1 saturated heterocycles. The van der Waals surface area contributed by atoms with E-state index in [1.807, 2.05) is 12.1 Å². The Hall–Kier alpha value is -2.16. The predicted octanol–water partition coefficient (Wildman–Crippen LogP) is 1.84. The van der Waals surface area contributed by atoms with Gasteiger partial charge in [-0.25, -0.2) is 0 Å². The normalized spacial score (nSPS) is 20.0. The Labute approximate surface area is 163 Å². The van der Waals surface area contributed by atoms with Crippen molar-refractivity contribution in [3.63, 3.8) is 0 Å². The molecule has 0 saturated carbocycles.